The fourth-order valence-electron chi connectivity index (χ4n) is 2.31. The molecular weight excluding hydrogens is 348 g/mol. The number of rotatable bonds is 6. The lowest BCUT2D eigenvalue weighted by atomic mass is 10.2. The van der Waals surface area contributed by atoms with Crippen molar-refractivity contribution in [1.29, 1.82) is 0 Å². The first-order chi connectivity index (χ1) is 11.7. The Hall–Kier alpha value is -1.90. The number of aliphatic hydroxyl groups excluding tert-OH is 1. The van der Waals surface area contributed by atoms with E-state index in [4.69, 9.17) is 21.1 Å². The van der Waals surface area contributed by atoms with E-state index < -0.39 is 18.0 Å². The van der Waals surface area contributed by atoms with Gasteiger partial charge in [-0.1, -0.05) is 0 Å². The van der Waals surface area contributed by atoms with Crippen LogP contribution in [0.1, 0.15) is 39.7 Å². The van der Waals surface area contributed by atoms with Crippen molar-refractivity contribution < 1.29 is 19.4 Å². The average Bonchev–Trinajstić information content (AvgIpc) is 2.84. The Morgan fingerprint density at radius 2 is 2.20 bits per heavy atom. The number of carbonyl (C=O) groups excluding carboxylic acids is 1. The summed E-state index contributed by atoms with van der Waals surface area (Å²) in [6.07, 6.45) is -0.0482. The molecule has 0 bridgehead atoms. The van der Waals surface area contributed by atoms with Gasteiger partial charge in [0.2, 0.25) is 5.28 Å². The van der Waals surface area contributed by atoms with Crippen molar-refractivity contribution in [2.75, 3.05) is 13.2 Å². The molecule has 9 heteroatoms. The SMILES string of the molecule is CCOC(O)c1cc2cnc(Cl)nc2n1CCNC(=O)OC(C)(C)C. The molecule has 0 aromatic carbocycles. The molecule has 0 aliphatic rings. The van der Waals surface area contributed by atoms with Gasteiger partial charge in [0, 0.05) is 31.3 Å². The summed E-state index contributed by atoms with van der Waals surface area (Å²) in [6.45, 7) is 8.16. The van der Waals surface area contributed by atoms with Gasteiger partial charge < -0.3 is 24.5 Å². The number of nitrogens with zero attached hydrogens (tertiary/aromatic N) is 3. The van der Waals surface area contributed by atoms with Gasteiger partial charge in [-0.05, 0) is 45.4 Å². The van der Waals surface area contributed by atoms with E-state index in [-0.39, 0.29) is 11.8 Å². The van der Waals surface area contributed by atoms with Crippen molar-refractivity contribution >= 4 is 28.7 Å². The molecule has 0 saturated heterocycles. The molecule has 2 aromatic heterocycles. The predicted molar refractivity (Wildman–Crippen MR) is 93.4 cm³/mol. The van der Waals surface area contributed by atoms with Crippen LogP contribution < -0.4 is 5.32 Å². The molecule has 1 unspecified atom stereocenters. The number of aliphatic hydroxyl groups is 1. The number of carbonyl (C=O) groups is 1. The quantitative estimate of drug-likeness (QED) is 0.599. The topological polar surface area (TPSA) is 98.5 Å². The molecule has 2 heterocycles. The number of ether oxygens (including phenoxy) is 2. The predicted octanol–water partition coefficient (Wildman–Crippen LogP) is 2.64. The fourth-order valence-corrected chi connectivity index (χ4v) is 2.43. The maximum Gasteiger partial charge on any atom is 0.407 e. The minimum Gasteiger partial charge on any atom is -0.444 e. The number of amides is 1. The van der Waals surface area contributed by atoms with Gasteiger partial charge in [0.15, 0.2) is 6.29 Å². The molecule has 0 saturated carbocycles. The summed E-state index contributed by atoms with van der Waals surface area (Å²) in [4.78, 5) is 19.9. The summed E-state index contributed by atoms with van der Waals surface area (Å²) in [7, 11) is 0. The molecule has 0 aliphatic heterocycles. The van der Waals surface area contributed by atoms with Crippen molar-refractivity contribution in [3.05, 3.63) is 23.2 Å². The van der Waals surface area contributed by atoms with Crippen molar-refractivity contribution in [2.24, 2.45) is 0 Å². The van der Waals surface area contributed by atoms with Crippen LogP contribution in [0, 0.1) is 0 Å². The lowest BCUT2D eigenvalue weighted by Gasteiger charge is -2.20. The van der Waals surface area contributed by atoms with Gasteiger partial charge in [-0.25, -0.2) is 9.78 Å². The molecule has 1 amide bonds. The first-order valence-electron chi connectivity index (χ1n) is 7.99. The Bertz CT molecular complexity index is 742. The van der Waals surface area contributed by atoms with E-state index in [0.29, 0.717) is 24.5 Å². The number of nitrogens with one attached hydrogen (secondary N) is 1. The number of alkyl carbamates (subject to hydrolysis) is 1. The number of hydrogen-bond donors (Lipinski definition) is 2. The maximum absolute atomic E-state index is 11.8. The zero-order chi connectivity index (χ0) is 18.6. The number of hydrogen-bond acceptors (Lipinski definition) is 6. The van der Waals surface area contributed by atoms with Gasteiger partial charge in [0.05, 0.1) is 5.69 Å². The summed E-state index contributed by atoms with van der Waals surface area (Å²) in [5, 5.41) is 13.7. The molecule has 0 radical (unpaired) electrons. The summed E-state index contributed by atoms with van der Waals surface area (Å²) < 4.78 is 12.2. The van der Waals surface area contributed by atoms with Crippen LogP contribution in [-0.2, 0) is 16.0 Å². The molecule has 0 fully saturated rings. The van der Waals surface area contributed by atoms with E-state index in [0.717, 1.165) is 5.39 Å². The molecule has 2 rings (SSSR count). The largest absolute Gasteiger partial charge is 0.444 e. The number of fused-ring (bicyclic) bond motifs is 1. The zero-order valence-electron chi connectivity index (χ0n) is 14.7. The average molecular weight is 371 g/mol. The maximum atomic E-state index is 11.8. The summed E-state index contributed by atoms with van der Waals surface area (Å²) in [6, 6.07) is 1.74. The third-order valence-electron chi connectivity index (χ3n) is 3.22. The highest BCUT2D eigenvalue weighted by molar-refractivity contribution is 6.28. The Morgan fingerprint density at radius 1 is 1.48 bits per heavy atom. The summed E-state index contributed by atoms with van der Waals surface area (Å²) in [5.41, 5.74) is 0.501. The van der Waals surface area contributed by atoms with Crippen LogP contribution in [0.5, 0.6) is 0 Å². The Morgan fingerprint density at radius 3 is 2.84 bits per heavy atom. The van der Waals surface area contributed by atoms with Gasteiger partial charge in [0.1, 0.15) is 11.2 Å². The second-order valence-electron chi connectivity index (χ2n) is 6.38. The van der Waals surface area contributed by atoms with Crippen LogP contribution >= 0.6 is 11.6 Å². The summed E-state index contributed by atoms with van der Waals surface area (Å²) in [5.74, 6) is 0. The second kappa shape index (κ2) is 7.99. The lowest BCUT2D eigenvalue weighted by Crippen LogP contribution is -2.34. The van der Waals surface area contributed by atoms with E-state index in [1.54, 1.807) is 44.5 Å². The first-order valence-corrected chi connectivity index (χ1v) is 8.37. The molecule has 8 nitrogen and oxygen atoms in total. The van der Waals surface area contributed by atoms with E-state index in [1.807, 2.05) is 0 Å². The van der Waals surface area contributed by atoms with Crippen LogP contribution in [0.25, 0.3) is 11.0 Å². The van der Waals surface area contributed by atoms with Crippen LogP contribution in [0.15, 0.2) is 12.3 Å². The molecular formula is C16H23ClN4O4. The van der Waals surface area contributed by atoms with E-state index >= 15 is 0 Å². The van der Waals surface area contributed by atoms with Gasteiger partial charge in [0.25, 0.3) is 0 Å². The van der Waals surface area contributed by atoms with Crippen molar-refractivity contribution in [1.82, 2.24) is 19.9 Å². The minimum atomic E-state index is -1.11. The standard InChI is InChI=1S/C16H23ClN4O4/c1-5-24-13(22)11-8-10-9-19-14(17)20-12(10)21(11)7-6-18-15(23)25-16(2,3)4/h8-9,13,22H,5-7H2,1-4H3,(H,18,23). The van der Waals surface area contributed by atoms with Crippen LogP contribution in [-0.4, -0.2) is 44.5 Å². The fraction of sp³-hybridized carbons (Fsp3) is 0.562. The molecule has 0 spiro atoms. The summed E-state index contributed by atoms with van der Waals surface area (Å²) >= 11 is 5.88. The van der Waals surface area contributed by atoms with Crippen molar-refractivity contribution in [3.8, 4) is 0 Å². The Labute approximate surface area is 151 Å². The molecule has 138 valence electrons. The highest BCUT2D eigenvalue weighted by Gasteiger charge is 2.19. The number of aromatic nitrogens is 3. The van der Waals surface area contributed by atoms with Gasteiger partial charge in [-0.2, -0.15) is 4.98 Å². The molecule has 25 heavy (non-hydrogen) atoms. The Balaban J connectivity index is 2.18. The third kappa shape index (κ3) is 5.29. The van der Waals surface area contributed by atoms with Crippen molar-refractivity contribution in [2.45, 2.75) is 46.1 Å². The van der Waals surface area contributed by atoms with Crippen LogP contribution in [0.3, 0.4) is 0 Å². The van der Waals surface area contributed by atoms with E-state index in [2.05, 4.69) is 15.3 Å². The normalized spacial score (nSPS) is 13.0. The van der Waals surface area contributed by atoms with Crippen molar-refractivity contribution in [3.63, 3.8) is 0 Å². The molecule has 0 aliphatic carbocycles. The molecule has 2 aromatic rings. The van der Waals surface area contributed by atoms with Gasteiger partial charge in [-0.3, -0.25) is 0 Å². The van der Waals surface area contributed by atoms with Crippen LogP contribution in [0.2, 0.25) is 5.28 Å². The lowest BCUT2D eigenvalue weighted by molar-refractivity contribution is -0.102. The molecule has 1 atom stereocenters. The first kappa shape index (κ1) is 19.4. The van der Waals surface area contributed by atoms with Crippen LogP contribution in [0.4, 0.5) is 4.79 Å². The number of halogens is 1. The molecule has 2 N–H and O–H groups in total. The Kier molecular flexibility index (Phi) is 6.21. The second-order valence-corrected chi connectivity index (χ2v) is 6.71. The van der Waals surface area contributed by atoms with Gasteiger partial charge in [-0.15, -0.1) is 0 Å². The van der Waals surface area contributed by atoms with E-state index in [9.17, 15) is 9.90 Å². The van der Waals surface area contributed by atoms with Gasteiger partial charge >= 0.3 is 6.09 Å². The monoisotopic (exact) mass is 370 g/mol. The highest BCUT2D eigenvalue weighted by atomic mass is 35.5. The zero-order valence-corrected chi connectivity index (χ0v) is 15.5. The highest BCUT2D eigenvalue weighted by Crippen LogP contribution is 2.24. The van der Waals surface area contributed by atoms with E-state index in [1.165, 1.54) is 0 Å². The smallest absolute Gasteiger partial charge is 0.407 e. The third-order valence-corrected chi connectivity index (χ3v) is 3.40. The minimum absolute atomic E-state index is 0.101.